The molecule has 2 nitrogen and oxygen atoms in total. The second-order valence-corrected chi connectivity index (χ2v) is 21.0. The van der Waals surface area contributed by atoms with Crippen LogP contribution in [-0.2, 0) is 10.8 Å². The monoisotopic (exact) mass is 960 g/mol. The molecule has 11 aromatic carbocycles. The summed E-state index contributed by atoms with van der Waals surface area (Å²) < 4.78 is 0. The first-order valence-electron chi connectivity index (χ1n) is 26.4. The SMILES string of the molecule is c1ccc2c(c1)-c1ccccc1C21c2ccccc2-c2ccc(-c3c4ccccc4c(-c4ccc5c(c4)C4(c6ccccc6-c6ccccc64)c4ccccc4-5)c4cc(-c5ccc(-c6ccncc6)cn5)ccc34)cc21. The molecule has 2 spiro atoms. The number of benzene rings is 11. The quantitative estimate of drug-likeness (QED) is 0.164. The molecule has 13 aromatic rings. The van der Waals surface area contributed by atoms with Crippen LogP contribution >= 0.6 is 0 Å². The first kappa shape index (κ1) is 41.7. The van der Waals surface area contributed by atoms with Gasteiger partial charge in [-0.3, -0.25) is 9.97 Å². The van der Waals surface area contributed by atoms with Gasteiger partial charge in [-0.2, -0.15) is 0 Å². The van der Waals surface area contributed by atoms with Gasteiger partial charge in [0.05, 0.1) is 16.5 Å². The standard InChI is InChI=1S/C74H44N2/c1-2-22-59-58(21-1)71(47-30-33-56-54-19-7-13-27-66(54)73(68(56)42-47)62-23-9-3-15-50(62)51-16-4-10-24-63(51)73)60-35-29-46(70-36-32-49(44-76-70)45-37-39-75-40-38-45)41-61(60)72(59)48-31-34-57-55-20-8-14-28-67(55)74(69(57)43-48)64-25-11-5-17-52(64)53-18-6-12-26-65(53)74/h1-44H. The van der Waals surface area contributed by atoms with Gasteiger partial charge in [-0.25, -0.2) is 0 Å². The lowest BCUT2D eigenvalue weighted by molar-refractivity contribution is 0.794. The maximum absolute atomic E-state index is 5.15. The van der Waals surface area contributed by atoms with E-state index < -0.39 is 10.8 Å². The molecule has 0 saturated carbocycles. The van der Waals surface area contributed by atoms with E-state index in [0.717, 1.165) is 22.4 Å². The molecule has 350 valence electrons. The molecule has 2 heteroatoms. The molecule has 76 heavy (non-hydrogen) atoms. The first-order chi connectivity index (χ1) is 37.7. The summed E-state index contributed by atoms with van der Waals surface area (Å²) in [4.78, 5) is 9.42. The Morgan fingerprint density at radius 3 is 1.01 bits per heavy atom. The Balaban J connectivity index is 0.946. The van der Waals surface area contributed by atoms with Gasteiger partial charge in [0, 0.05) is 29.7 Å². The van der Waals surface area contributed by atoms with Crippen molar-refractivity contribution < 1.29 is 0 Å². The molecule has 0 unspecified atom stereocenters. The molecule has 0 radical (unpaired) electrons. The fraction of sp³-hybridized carbons (Fsp3) is 0.0270. The molecule has 0 fully saturated rings. The van der Waals surface area contributed by atoms with Crippen LogP contribution in [0.15, 0.2) is 267 Å². The minimum Gasteiger partial charge on any atom is -0.265 e. The van der Waals surface area contributed by atoms with Crippen molar-refractivity contribution in [3.8, 4) is 89.1 Å². The number of pyridine rings is 2. The van der Waals surface area contributed by atoms with Gasteiger partial charge in [-0.1, -0.05) is 212 Å². The maximum Gasteiger partial charge on any atom is 0.0725 e. The molecule has 4 aliphatic carbocycles. The molecule has 0 atom stereocenters. The Morgan fingerprint density at radius 2 is 0.592 bits per heavy atom. The molecule has 4 aliphatic rings. The van der Waals surface area contributed by atoms with E-state index in [9.17, 15) is 0 Å². The van der Waals surface area contributed by atoms with Crippen LogP contribution in [-0.4, -0.2) is 9.97 Å². The van der Waals surface area contributed by atoms with E-state index in [4.69, 9.17) is 4.98 Å². The minimum atomic E-state index is -0.470. The third-order valence-electron chi connectivity index (χ3n) is 17.7. The molecule has 0 aliphatic heterocycles. The van der Waals surface area contributed by atoms with Gasteiger partial charge in [-0.15, -0.1) is 0 Å². The lowest BCUT2D eigenvalue weighted by atomic mass is 9.70. The largest absolute Gasteiger partial charge is 0.265 e. The number of rotatable bonds is 4. The Hall–Kier alpha value is -9.76. The van der Waals surface area contributed by atoms with Crippen LogP contribution in [0, 0.1) is 0 Å². The predicted molar refractivity (Wildman–Crippen MR) is 311 cm³/mol. The third kappa shape index (κ3) is 5.30. The summed E-state index contributed by atoms with van der Waals surface area (Å²) in [6, 6.07) is 94.0. The van der Waals surface area contributed by atoms with Crippen molar-refractivity contribution in [3.63, 3.8) is 0 Å². The van der Waals surface area contributed by atoms with Gasteiger partial charge in [0.15, 0.2) is 0 Å². The Labute approximate surface area is 441 Å². The number of hydrogen-bond acceptors (Lipinski definition) is 2. The highest BCUT2D eigenvalue weighted by atomic mass is 14.7. The van der Waals surface area contributed by atoms with Crippen LogP contribution < -0.4 is 0 Å². The molecule has 0 bridgehead atoms. The Bertz CT molecular complexity index is 4510. The van der Waals surface area contributed by atoms with Crippen LogP contribution in [0.2, 0.25) is 0 Å². The van der Waals surface area contributed by atoms with E-state index >= 15 is 0 Å². The summed E-state index contributed by atoms with van der Waals surface area (Å²) in [6.45, 7) is 0. The highest BCUT2D eigenvalue weighted by Gasteiger charge is 2.53. The molecule has 2 aromatic heterocycles. The van der Waals surface area contributed by atoms with Gasteiger partial charge in [-0.05, 0) is 175 Å². The van der Waals surface area contributed by atoms with Gasteiger partial charge in [0.1, 0.15) is 0 Å². The summed E-state index contributed by atoms with van der Waals surface area (Å²) >= 11 is 0. The minimum absolute atomic E-state index is 0.461. The third-order valence-corrected chi connectivity index (χ3v) is 17.7. The second-order valence-electron chi connectivity index (χ2n) is 21.0. The Morgan fingerprint density at radius 1 is 0.237 bits per heavy atom. The van der Waals surface area contributed by atoms with Crippen molar-refractivity contribution >= 4 is 21.5 Å². The van der Waals surface area contributed by atoms with Crippen molar-refractivity contribution in [2.75, 3.05) is 0 Å². The zero-order valence-corrected chi connectivity index (χ0v) is 41.3. The van der Waals surface area contributed by atoms with Crippen molar-refractivity contribution in [3.05, 3.63) is 312 Å². The molecular formula is C74H44N2. The lowest BCUT2D eigenvalue weighted by Gasteiger charge is -2.31. The predicted octanol–water partition coefficient (Wildman–Crippen LogP) is 18.1. The van der Waals surface area contributed by atoms with Crippen LogP contribution in [0.4, 0.5) is 0 Å². The van der Waals surface area contributed by atoms with Crippen LogP contribution in [0.25, 0.3) is 111 Å². The highest BCUT2D eigenvalue weighted by molar-refractivity contribution is 6.22. The number of aromatic nitrogens is 2. The molecule has 0 N–H and O–H groups in total. The topological polar surface area (TPSA) is 25.8 Å². The summed E-state index contributed by atoms with van der Waals surface area (Å²) in [6.07, 6.45) is 5.67. The fourth-order valence-corrected chi connectivity index (χ4v) is 14.7. The average Bonchev–Trinajstić information content (AvgIpc) is 4.19. The molecule has 2 heterocycles. The maximum atomic E-state index is 5.15. The van der Waals surface area contributed by atoms with Crippen LogP contribution in [0.3, 0.4) is 0 Å². The smallest absolute Gasteiger partial charge is 0.0725 e. The number of nitrogens with zero attached hydrogens (tertiary/aromatic N) is 2. The van der Waals surface area contributed by atoms with Gasteiger partial charge in [0.2, 0.25) is 0 Å². The van der Waals surface area contributed by atoms with E-state index in [1.54, 1.807) is 0 Å². The van der Waals surface area contributed by atoms with Crippen LogP contribution in [0.1, 0.15) is 44.5 Å². The van der Waals surface area contributed by atoms with E-state index in [-0.39, 0.29) is 0 Å². The molecule has 0 amide bonds. The van der Waals surface area contributed by atoms with Gasteiger partial charge in [0.25, 0.3) is 0 Å². The van der Waals surface area contributed by atoms with Gasteiger partial charge < -0.3 is 0 Å². The van der Waals surface area contributed by atoms with E-state index in [2.05, 4.69) is 242 Å². The Kier molecular flexibility index (Phi) is 8.44. The van der Waals surface area contributed by atoms with E-state index in [1.165, 1.54) is 133 Å². The first-order valence-corrected chi connectivity index (χ1v) is 26.4. The number of hydrogen-bond donors (Lipinski definition) is 0. The number of fused-ring (bicyclic) bond motifs is 22. The average molecular weight is 961 g/mol. The summed E-state index contributed by atoms with van der Waals surface area (Å²) in [5.41, 5.74) is 29.3. The fourth-order valence-electron chi connectivity index (χ4n) is 14.7. The summed E-state index contributed by atoms with van der Waals surface area (Å²) in [7, 11) is 0. The van der Waals surface area contributed by atoms with Crippen molar-refractivity contribution in [2.45, 2.75) is 10.8 Å². The zero-order chi connectivity index (χ0) is 49.7. The summed E-state index contributed by atoms with van der Waals surface area (Å²) in [5, 5.41) is 4.84. The van der Waals surface area contributed by atoms with Crippen molar-refractivity contribution in [1.29, 1.82) is 0 Å². The van der Waals surface area contributed by atoms with E-state index in [1.807, 2.05) is 30.7 Å². The zero-order valence-electron chi connectivity index (χ0n) is 41.3. The summed E-state index contributed by atoms with van der Waals surface area (Å²) in [5.74, 6) is 0. The second kappa shape index (κ2) is 15.4. The lowest BCUT2D eigenvalue weighted by Crippen LogP contribution is -2.25. The molecule has 0 saturated heterocycles. The van der Waals surface area contributed by atoms with Crippen molar-refractivity contribution in [2.24, 2.45) is 0 Å². The van der Waals surface area contributed by atoms with Gasteiger partial charge >= 0.3 is 0 Å². The van der Waals surface area contributed by atoms with Crippen molar-refractivity contribution in [1.82, 2.24) is 9.97 Å². The molecule has 17 rings (SSSR count). The normalized spacial score (nSPS) is 14.0. The highest BCUT2D eigenvalue weighted by Crippen LogP contribution is 2.65. The van der Waals surface area contributed by atoms with Crippen LogP contribution in [0.5, 0.6) is 0 Å². The molecular weight excluding hydrogens is 917 g/mol. The van der Waals surface area contributed by atoms with E-state index in [0.29, 0.717) is 0 Å².